The number of carbonyl (C=O) groups excluding carboxylic acids is 1. The van der Waals surface area contributed by atoms with E-state index >= 15 is 0 Å². The van der Waals surface area contributed by atoms with Crippen molar-refractivity contribution >= 4 is 11.8 Å². The first-order chi connectivity index (χ1) is 9.79. The van der Waals surface area contributed by atoms with Crippen LogP contribution in [0.5, 0.6) is 5.75 Å². The summed E-state index contributed by atoms with van der Waals surface area (Å²) in [6.07, 6.45) is 3.40. The van der Waals surface area contributed by atoms with Gasteiger partial charge in [-0.3, -0.25) is 10.2 Å². The second-order valence-corrected chi connectivity index (χ2v) is 4.86. The molecule has 1 amide bonds. The topological polar surface area (TPSA) is 50.8 Å². The number of rotatable bonds is 5. The van der Waals surface area contributed by atoms with Crippen molar-refractivity contribution in [2.24, 2.45) is 0 Å². The average Bonchev–Trinajstić information content (AvgIpc) is 2.50. The van der Waals surface area contributed by atoms with Crippen LogP contribution in [0.15, 0.2) is 24.3 Å². The molecule has 0 saturated carbocycles. The minimum absolute atomic E-state index is 0.489. The van der Waals surface area contributed by atoms with Crippen LogP contribution in [0, 0.1) is 0 Å². The molecule has 0 radical (unpaired) electrons. The number of likely N-dealkylation sites (tertiary alicyclic amines) is 1. The van der Waals surface area contributed by atoms with Gasteiger partial charge in [0.25, 0.3) is 0 Å². The third kappa shape index (κ3) is 4.42. The van der Waals surface area contributed by atoms with E-state index in [-0.39, 0.29) is 0 Å². The Morgan fingerprint density at radius 1 is 1.25 bits per heavy atom. The van der Waals surface area contributed by atoms with E-state index in [1.54, 1.807) is 6.07 Å². The Bertz CT molecular complexity index is 431. The molecule has 1 aromatic rings. The van der Waals surface area contributed by atoms with E-state index in [0.717, 1.165) is 19.6 Å². The number of ether oxygens (including phenoxy) is 2. The van der Waals surface area contributed by atoms with Crippen LogP contribution >= 0.6 is 0 Å². The number of hydrogen-bond acceptors (Lipinski definition) is 4. The average molecular weight is 278 g/mol. The first kappa shape index (κ1) is 14.7. The molecule has 1 aromatic carbocycles. The highest BCUT2D eigenvalue weighted by Gasteiger charge is 2.11. The summed E-state index contributed by atoms with van der Waals surface area (Å²) < 4.78 is 10.4. The number of anilines is 1. The van der Waals surface area contributed by atoms with Crippen LogP contribution in [0.2, 0.25) is 0 Å². The van der Waals surface area contributed by atoms with Gasteiger partial charge in [0.05, 0.1) is 12.8 Å². The van der Waals surface area contributed by atoms with E-state index < -0.39 is 6.09 Å². The lowest BCUT2D eigenvalue weighted by molar-refractivity contribution is 0.182. The molecule has 1 aliphatic heterocycles. The smallest absolute Gasteiger partial charge is 0.411 e. The maximum Gasteiger partial charge on any atom is 0.411 e. The number of benzene rings is 1. The molecule has 20 heavy (non-hydrogen) atoms. The van der Waals surface area contributed by atoms with Crippen molar-refractivity contribution in [3.63, 3.8) is 0 Å². The standard InChI is InChI=1S/C15H22N2O3/c1-19-15(18)16-13-7-3-4-8-14(13)20-12-11-17-9-5-2-6-10-17/h3-4,7-8H,2,5-6,9-12H2,1H3,(H,16,18). The molecule has 110 valence electrons. The molecule has 1 heterocycles. The summed E-state index contributed by atoms with van der Waals surface area (Å²) in [4.78, 5) is 13.7. The summed E-state index contributed by atoms with van der Waals surface area (Å²) in [6, 6.07) is 7.39. The summed E-state index contributed by atoms with van der Waals surface area (Å²) in [6.45, 7) is 3.86. The van der Waals surface area contributed by atoms with E-state index in [1.165, 1.54) is 26.4 Å². The molecular weight excluding hydrogens is 256 g/mol. The van der Waals surface area contributed by atoms with Crippen LogP contribution in [0.3, 0.4) is 0 Å². The van der Waals surface area contributed by atoms with Crippen LogP contribution < -0.4 is 10.1 Å². The van der Waals surface area contributed by atoms with Crippen LogP contribution in [0.25, 0.3) is 0 Å². The van der Waals surface area contributed by atoms with Crippen LogP contribution in [0.1, 0.15) is 19.3 Å². The molecule has 1 fully saturated rings. The van der Waals surface area contributed by atoms with E-state index in [4.69, 9.17) is 4.74 Å². The Kier molecular flexibility index (Phi) is 5.68. The number of methoxy groups -OCH3 is 1. The maximum atomic E-state index is 11.3. The van der Waals surface area contributed by atoms with Gasteiger partial charge in [0.2, 0.25) is 0 Å². The van der Waals surface area contributed by atoms with Crippen molar-refractivity contribution in [1.82, 2.24) is 4.90 Å². The third-order valence-corrected chi connectivity index (χ3v) is 3.42. The van der Waals surface area contributed by atoms with Gasteiger partial charge in [-0.05, 0) is 38.1 Å². The lowest BCUT2D eigenvalue weighted by atomic mass is 10.1. The van der Waals surface area contributed by atoms with Gasteiger partial charge in [0, 0.05) is 6.54 Å². The Morgan fingerprint density at radius 3 is 2.75 bits per heavy atom. The predicted octanol–water partition coefficient (Wildman–Crippen LogP) is 2.73. The summed E-state index contributed by atoms with van der Waals surface area (Å²) in [7, 11) is 1.34. The van der Waals surface area contributed by atoms with E-state index in [1.807, 2.05) is 18.2 Å². The van der Waals surface area contributed by atoms with E-state index in [0.29, 0.717) is 18.0 Å². The number of nitrogens with zero attached hydrogens (tertiary/aromatic N) is 1. The maximum absolute atomic E-state index is 11.3. The molecule has 0 aromatic heterocycles. The zero-order chi connectivity index (χ0) is 14.2. The molecule has 5 nitrogen and oxygen atoms in total. The lowest BCUT2D eigenvalue weighted by Gasteiger charge is -2.26. The molecule has 1 aliphatic rings. The molecule has 0 atom stereocenters. The molecule has 1 N–H and O–H groups in total. The van der Waals surface area contributed by atoms with Gasteiger partial charge in [0.1, 0.15) is 12.4 Å². The number of piperidine rings is 1. The highest BCUT2D eigenvalue weighted by atomic mass is 16.5. The van der Waals surface area contributed by atoms with Crippen molar-refractivity contribution in [2.45, 2.75) is 19.3 Å². The fourth-order valence-corrected chi connectivity index (χ4v) is 2.32. The van der Waals surface area contributed by atoms with Gasteiger partial charge in [-0.25, -0.2) is 4.79 Å². The SMILES string of the molecule is COC(=O)Nc1ccccc1OCCN1CCCCC1. The van der Waals surface area contributed by atoms with E-state index in [9.17, 15) is 4.79 Å². The van der Waals surface area contributed by atoms with Crippen molar-refractivity contribution in [1.29, 1.82) is 0 Å². The second kappa shape index (κ2) is 7.75. The fraction of sp³-hybridized carbons (Fsp3) is 0.533. The minimum Gasteiger partial charge on any atom is -0.490 e. The molecule has 0 unspecified atom stereocenters. The van der Waals surface area contributed by atoms with Crippen molar-refractivity contribution in [3.05, 3.63) is 24.3 Å². The Labute approximate surface area is 119 Å². The molecule has 0 bridgehead atoms. The molecule has 5 heteroatoms. The summed E-state index contributed by atoms with van der Waals surface area (Å²) in [5, 5.41) is 2.65. The normalized spacial score (nSPS) is 15.7. The molecular formula is C15H22N2O3. The highest BCUT2D eigenvalue weighted by molar-refractivity contribution is 5.86. The highest BCUT2D eigenvalue weighted by Crippen LogP contribution is 2.23. The van der Waals surface area contributed by atoms with Crippen LogP contribution in [-0.2, 0) is 4.74 Å². The number of hydrogen-bond donors (Lipinski definition) is 1. The van der Waals surface area contributed by atoms with Gasteiger partial charge in [-0.1, -0.05) is 18.6 Å². The monoisotopic (exact) mass is 278 g/mol. The third-order valence-electron chi connectivity index (χ3n) is 3.42. The number of para-hydroxylation sites is 2. The summed E-state index contributed by atoms with van der Waals surface area (Å²) in [5.74, 6) is 0.676. The van der Waals surface area contributed by atoms with Gasteiger partial charge >= 0.3 is 6.09 Å². The largest absolute Gasteiger partial charge is 0.490 e. The zero-order valence-electron chi connectivity index (χ0n) is 11.9. The Morgan fingerprint density at radius 2 is 2.00 bits per heavy atom. The van der Waals surface area contributed by atoms with Gasteiger partial charge < -0.3 is 9.47 Å². The van der Waals surface area contributed by atoms with Gasteiger partial charge in [-0.15, -0.1) is 0 Å². The lowest BCUT2D eigenvalue weighted by Crippen LogP contribution is -2.33. The first-order valence-electron chi connectivity index (χ1n) is 7.09. The molecule has 0 aliphatic carbocycles. The fourth-order valence-electron chi connectivity index (χ4n) is 2.32. The first-order valence-corrected chi connectivity index (χ1v) is 7.09. The molecule has 2 rings (SSSR count). The number of nitrogens with one attached hydrogen (secondary N) is 1. The molecule has 1 saturated heterocycles. The number of amides is 1. The van der Waals surface area contributed by atoms with Crippen molar-refractivity contribution < 1.29 is 14.3 Å². The van der Waals surface area contributed by atoms with Gasteiger partial charge in [0.15, 0.2) is 0 Å². The quantitative estimate of drug-likeness (QED) is 0.899. The van der Waals surface area contributed by atoms with Crippen molar-refractivity contribution in [3.8, 4) is 5.75 Å². The van der Waals surface area contributed by atoms with Crippen LogP contribution in [-0.4, -0.2) is 44.3 Å². The zero-order valence-corrected chi connectivity index (χ0v) is 11.9. The van der Waals surface area contributed by atoms with Crippen molar-refractivity contribution in [2.75, 3.05) is 38.7 Å². The summed E-state index contributed by atoms with van der Waals surface area (Å²) >= 11 is 0. The van der Waals surface area contributed by atoms with E-state index in [2.05, 4.69) is 15.0 Å². The Balaban J connectivity index is 1.83. The summed E-state index contributed by atoms with van der Waals surface area (Å²) in [5.41, 5.74) is 0.637. The second-order valence-electron chi connectivity index (χ2n) is 4.86. The van der Waals surface area contributed by atoms with Gasteiger partial charge in [-0.2, -0.15) is 0 Å². The minimum atomic E-state index is -0.489. The Hall–Kier alpha value is -1.75. The molecule has 0 spiro atoms. The number of carbonyl (C=O) groups is 1. The van der Waals surface area contributed by atoms with Crippen LogP contribution in [0.4, 0.5) is 10.5 Å². The predicted molar refractivity (Wildman–Crippen MR) is 78.3 cm³/mol.